The van der Waals surface area contributed by atoms with Crippen molar-refractivity contribution in [2.75, 3.05) is 18.5 Å². The Bertz CT molecular complexity index is 316. The fourth-order valence-corrected chi connectivity index (χ4v) is 1.06. The summed E-state index contributed by atoms with van der Waals surface area (Å²) in [6, 6.07) is 1.71. The van der Waals surface area contributed by atoms with Crippen LogP contribution in [-0.2, 0) is 4.79 Å². The van der Waals surface area contributed by atoms with Crippen molar-refractivity contribution in [1.29, 1.82) is 0 Å². The molecule has 7 heteroatoms. The number of hydrogen-bond acceptors (Lipinski definition) is 5. The smallest absolute Gasteiger partial charge is 0.244 e. The zero-order valence-corrected chi connectivity index (χ0v) is 8.75. The molecule has 3 N–H and O–H groups in total. The average Bonchev–Trinajstić information content (AvgIpc) is 2.14. The van der Waals surface area contributed by atoms with Crippen molar-refractivity contribution >= 4 is 24.3 Å². The van der Waals surface area contributed by atoms with Crippen LogP contribution in [0.5, 0.6) is 0 Å². The predicted molar refractivity (Wildman–Crippen MR) is 57.4 cm³/mol. The highest BCUT2D eigenvalue weighted by Crippen LogP contribution is 2.01. The summed E-state index contributed by atoms with van der Waals surface area (Å²) in [5.74, 6) is 0.426. The Labute approximate surface area is 93.3 Å². The van der Waals surface area contributed by atoms with Gasteiger partial charge in [-0.3, -0.25) is 15.6 Å². The molecule has 0 unspecified atom stereocenters. The number of nitrogens with zero attached hydrogens (tertiary/aromatic N) is 2. The van der Waals surface area contributed by atoms with Crippen LogP contribution < -0.4 is 16.2 Å². The molecule has 0 atom stereocenters. The van der Waals surface area contributed by atoms with Gasteiger partial charge in [0.15, 0.2) is 0 Å². The largest absolute Gasteiger partial charge is 0.315 e. The van der Waals surface area contributed by atoms with E-state index in [0.717, 1.165) is 13.1 Å². The Hall–Kier alpha value is -1.40. The topological polar surface area (TPSA) is 78.9 Å². The Morgan fingerprint density at radius 2 is 2.07 bits per heavy atom. The third-order valence-electron chi connectivity index (χ3n) is 2.02. The number of carbonyl (C=O) groups is 1. The first-order valence-corrected chi connectivity index (χ1v) is 4.40. The van der Waals surface area contributed by atoms with Gasteiger partial charge in [0.25, 0.3) is 0 Å². The summed E-state index contributed by atoms with van der Waals surface area (Å²) in [5.41, 5.74) is 5.19. The van der Waals surface area contributed by atoms with Crippen LogP contribution in [0.1, 0.15) is 0 Å². The Kier molecular flexibility index (Phi) is 4.26. The van der Waals surface area contributed by atoms with Crippen molar-refractivity contribution < 1.29 is 4.79 Å². The number of aromatic nitrogens is 2. The van der Waals surface area contributed by atoms with E-state index in [1.165, 1.54) is 0 Å². The lowest BCUT2D eigenvalue weighted by Gasteiger charge is -2.25. The Balaban J connectivity index is 0.00000112. The molecule has 1 aromatic heterocycles. The summed E-state index contributed by atoms with van der Waals surface area (Å²) in [4.78, 5) is 19.1. The molecule has 1 aliphatic heterocycles. The number of carbonyl (C=O) groups excluding carboxylic acids is 1. The molecule has 0 saturated carbocycles. The van der Waals surface area contributed by atoms with Gasteiger partial charge in [0.05, 0.1) is 5.92 Å². The van der Waals surface area contributed by atoms with Gasteiger partial charge >= 0.3 is 0 Å². The van der Waals surface area contributed by atoms with Gasteiger partial charge < -0.3 is 5.32 Å². The number of nitrogens with one attached hydrogen (secondary N) is 3. The minimum absolute atomic E-state index is 0. The first kappa shape index (κ1) is 11.7. The minimum atomic E-state index is -0.0313. The first-order chi connectivity index (χ1) is 6.86. The third-order valence-corrected chi connectivity index (χ3v) is 2.02. The van der Waals surface area contributed by atoms with Crippen LogP contribution in [0.15, 0.2) is 18.5 Å². The highest BCUT2D eigenvalue weighted by Gasteiger charge is 2.24. The molecule has 1 aromatic rings. The standard InChI is InChI=1S/C8H11N5O.ClH/c14-7(6-4-9-5-6)12-13-8-10-2-1-3-11-8;/h1-3,6,9H,4-5H2,(H,12,14)(H,10,11,13);1H. The molecule has 2 rings (SSSR count). The zero-order valence-electron chi connectivity index (χ0n) is 7.93. The van der Waals surface area contributed by atoms with E-state index in [9.17, 15) is 4.79 Å². The molecule has 2 heterocycles. The molecule has 15 heavy (non-hydrogen) atoms. The van der Waals surface area contributed by atoms with Crippen LogP contribution in [0, 0.1) is 5.92 Å². The second-order valence-electron chi connectivity index (χ2n) is 3.04. The van der Waals surface area contributed by atoms with Gasteiger partial charge in [-0.15, -0.1) is 12.4 Å². The van der Waals surface area contributed by atoms with Crippen LogP contribution in [0.3, 0.4) is 0 Å². The summed E-state index contributed by atoms with van der Waals surface area (Å²) in [7, 11) is 0. The van der Waals surface area contributed by atoms with E-state index in [2.05, 4.69) is 26.1 Å². The molecule has 1 aliphatic rings. The van der Waals surface area contributed by atoms with Crippen LogP contribution in [0.2, 0.25) is 0 Å². The van der Waals surface area contributed by atoms with E-state index in [-0.39, 0.29) is 24.2 Å². The van der Waals surface area contributed by atoms with Gasteiger partial charge in [0.2, 0.25) is 11.9 Å². The average molecular weight is 230 g/mol. The van der Waals surface area contributed by atoms with Crippen molar-refractivity contribution in [2.45, 2.75) is 0 Å². The van der Waals surface area contributed by atoms with Crippen molar-refractivity contribution in [3.8, 4) is 0 Å². The molecular formula is C8H12ClN5O. The zero-order chi connectivity index (χ0) is 9.80. The lowest BCUT2D eigenvalue weighted by molar-refractivity contribution is -0.125. The predicted octanol–water partition coefficient (Wildman–Crippen LogP) is -0.439. The summed E-state index contributed by atoms with van der Waals surface area (Å²) in [5, 5.41) is 3.02. The Morgan fingerprint density at radius 1 is 1.40 bits per heavy atom. The van der Waals surface area contributed by atoms with Crippen molar-refractivity contribution in [1.82, 2.24) is 20.7 Å². The quantitative estimate of drug-likeness (QED) is 0.613. The molecular weight excluding hydrogens is 218 g/mol. The van der Waals surface area contributed by atoms with Crippen molar-refractivity contribution in [3.63, 3.8) is 0 Å². The van der Waals surface area contributed by atoms with E-state index in [1.807, 2.05) is 0 Å². The van der Waals surface area contributed by atoms with Crippen LogP contribution in [0.4, 0.5) is 5.95 Å². The van der Waals surface area contributed by atoms with Gasteiger partial charge in [-0.1, -0.05) is 0 Å². The highest BCUT2D eigenvalue weighted by atomic mass is 35.5. The second-order valence-corrected chi connectivity index (χ2v) is 3.04. The maximum atomic E-state index is 11.3. The van der Waals surface area contributed by atoms with Gasteiger partial charge in [0.1, 0.15) is 0 Å². The van der Waals surface area contributed by atoms with Gasteiger partial charge in [-0.25, -0.2) is 9.97 Å². The van der Waals surface area contributed by atoms with Crippen LogP contribution >= 0.6 is 12.4 Å². The summed E-state index contributed by atoms with van der Waals surface area (Å²) in [6.45, 7) is 1.48. The lowest BCUT2D eigenvalue weighted by atomic mass is 10.0. The molecule has 1 fully saturated rings. The molecule has 82 valence electrons. The second kappa shape index (κ2) is 5.47. The fraction of sp³-hybridized carbons (Fsp3) is 0.375. The number of hydrazine groups is 1. The third kappa shape index (κ3) is 3.03. The fourth-order valence-electron chi connectivity index (χ4n) is 1.06. The van der Waals surface area contributed by atoms with Gasteiger partial charge in [-0.2, -0.15) is 0 Å². The summed E-state index contributed by atoms with van der Waals surface area (Å²) in [6.07, 6.45) is 3.21. The van der Waals surface area contributed by atoms with Gasteiger partial charge in [0, 0.05) is 25.5 Å². The van der Waals surface area contributed by atoms with Crippen LogP contribution in [0.25, 0.3) is 0 Å². The number of hydrogen-bond donors (Lipinski definition) is 3. The number of anilines is 1. The molecule has 0 aromatic carbocycles. The van der Waals surface area contributed by atoms with E-state index in [1.54, 1.807) is 18.5 Å². The molecule has 1 amide bonds. The SMILES string of the molecule is Cl.O=C(NNc1ncccn1)C1CNC1. The summed E-state index contributed by atoms with van der Waals surface area (Å²) < 4.78 is 0. The first-order valence-electron chi connectivity index (χ1n) is 4.40. The monoisotopic (exact) mass is 229 g/mol. The molecule has 0 radical (unpaired) electrons. The van der Waals surface area contributed by atoms with E-state index >= 15 is 0 Å². The highest BCUT2D eigenvalue weighted by molar-refractivity contribution is 5.85. The molecule has 1 saturated heterocycles. The van der Waals surface area contributed by atoms with Gasteiger partial charge in [-0.05, 0) is 6.07 Å². The van der Waals surface area contributed by atoms with Crippen LogP contribution in [-0.4, -0.2) is 29.0 Å². The number of rotatable bonds is 3. The molecule has 0 bridgehead atoms. The van der Waals surface area contributed by atoms with Crippen molar-refractivity contribution in [2.24, 2.45) is 5.92 Å². The van der Waals surface area contributed by atoms with E-state index in [4.69, 9.17) is 0 Å². The Morgan fingerprint density at radius 3 is 2.60 bits per heavy atom. The maximum Gasteiger partial charge on any atom is 0.244 e. The summed E-state index contributed by atoms with van der Waals surface area (Å²) >= 11 is 0. The maximum absolute atomic E-state index is 11.3. The molecule has 0 aliphatic carbocycles. The lowest BCUT2D eigenvalue weighted by Crippen LogP contribution is -2.51. The van der Waals surface area contributed by atoms with E-state index in [0.29, 0.717) is 5.95 Å². The van der Waals surface area contributed by atoms with E-state index < -0.39 is 0 Å². The molecule has 0 spiro atoms. The minimum Gasteiger partial charge on any atom is -0.315 e. The molecule has 6 nitrogen and oxygen atoms in total. The van der Waals surface area contributed by atoms with Crippen molar-refractivity contribution in [3.05, 3.63) is 18.5 Å². The number of halogens is 1. The normalized spacial score (nSPS) is 14.7. The number of amides is 1.